The van der Waals surface area contributed by atoms with Gasteiger partial charge in [-0.05, 0) is 86.8 Å². The van der Waals surface area contributed by atoms with Gasteiger partial charge in [0.2, 0.25) is 0 Å². The van der Waals surface area contributed by atoms with E-state index >= 15 is 0 Å². The summed E-state index contributed by atoms with van der Waals surface area (Å²) >= 11 is 0. The Morgan fingerprint density at radius 2 is 1.32 bits per heavy atom. The summed E-state index contributed by atoms with van der Waals surface area (Å²) in [5, 5.41) is 10.5. The molecule has 11 nitrogen and oxygen atoms in total. The fourth-order valence-electron chi connectivity index (χ4n) is 7.16. The second kappa shape index (κ2) is 16.2. The summed E-state index contributed by atoms with van der Waals surface area (Å²) in [4.78, 5) is 12.7. The largest absolute Gasteiger partial charge is 1.00 e. The van der Waals surface area contributed by atoms with Crippen LogP contribution in [0.1, 0.15) is 49.7 Å². The van der Waals surface area contributed by atoms with Gasteiger partial charge >= 0.3 is 29.6 Å². The molecular weight excluding hydrogens is 696 g/mol. The summed E-state index contributed by atoms with van der Waals surface area (Å²) in [5.41, 5.74) is 10.7. The molecule has 0 unspecified atom stereocenters. The molecule has 7 aromatic rings. The molecule has 13 heteroatoms. The van der Waals surface area contributed by atoms with Crippen molar-refractivity contribution in [3.05, 3.63) is 126 Å². The molecule has 53 heavy (non-hydrogen) atoms. The van der Waals surface area contributed by atoms with Gasteiger partial charge in [0, 0.05) is 84.3 Å². The van der Waals surface area contributed by atoms with Gasteiger partial charge in [-0.25, -0.2) is 22.4 Å². The van der Waals surface area contributed by atoms with Crippen LogP contribution in [0.4, 0.5) is 0 Å². The van der Waals surface area contributed by atoms with Crippen molar-refractivity contribution in [2.45, 2.75) is 56.3 Å². The van der Waals surface area contributed by atoms with Gasteiger partial charge in [0.15, 0.2) is 5.65 Å². The molecule has 6 heterocycles. The average molecular weight is 737 g/mol. The minimum atomic E-state index is -3.77. The molecule has 2 N–H and O–H groups in total. The maximum absolute atomic E-state index is 13.4. The van der Waals surface area contributed by atoms with Crippen molar-refractivity contribution in [2.75, 3.05) is 0 Å². The molecule has 0 amide bonds. The van der Waals surface area contributed by atoms with E-state index < -0.39 is 10.0 Å². The first-order chi connectivity index (χ1) is 24.8. The van der Waals surface area contributed by atoms with Gasteiger partial charge in [-0.2, -0.15) is 10.2 Å². The Morgan fingerprint density at radius 1 is 0.736 bits per heavy atom. The molecule has 1 aromatic carbocycles. The first kappa shape index (κ1) is 38.1. The number of pyridine rings is 2. The zero-order chi connectivity index (χ0) is 35.0. The number of aromatic amines is 1. The van der Waals surface area contributed by atoms with Crippen molar-refractivity contribution in [1.82, 2.24) is 38.5 Å². The van der Waals surface area contributed by atoms with E-state index in [1.54, 1.807) is 59.2 Å². The number of hydrogen-bond donors (Lipinski definition) is 1. The van der Waals surface area contributed by atoms with Crippen LogP contribution in [0, 0.1) is 0 Å². The molecule has 0 spiro atoms. The zero-order valence-electron chi connectivity index (χ0n) is 30.3. The average Bonchev–Trinajstić information content (AvgIpc) is 3.98. The Hall–Kier alpha value is -4.59. The van der Waals surface area contributed by atoms with Gasteiger partial charge in [-0.3, -0.25) is 9.36 Å². The topological polar surface area (TPSA) is 146 Å². The van der Waals surface area contributed by atoms with Crippen molar-refractivity contribution in [2.24, 2.45) is 14.1 Å². The smallest absolute Gasteiger partial charge is 0.870 e. The monoisotopic (exact) mass is 736 g/mol. The van der Waals surface area contributed by atoms with Crippen molar-refractivity contribution >= 4 is 32.1 Å². The first-order valence-corrected chi connectivity index (χ1v) is 18.9. The molecule has 0 radical (unpaired) electrons. The van der Waals surface area contributed by atoms with Gasteiger partial charge in [0.25, 0.3) is 10.0 Å². The van der Waals surface area contributed by atoms with Crippen LogP contribution in [0.3, 0.4) is 0 Å². The first-order valence-electron chi connectivity index (χ1n) is 17.4. The standard InChI is InChI=1S/C23H22N4O2S.C17H18N4.Na.H2O/c1-26-15-19(14-25-26)22-16-27(30(28,29)20-9-3-2-4-10-20)23-21(22)12-18(13-24-23)11-17-7-5-6-8-17;1-21-11-14(9-20-21)16-10-19-17-15(16)7-13(8-18-17)6-12-4-2-3-5-12;;/h2-4,7,9-10,12-16H,5-6,8,11H2,1H3;4,7-11H,2-3,5-6H2,1H3,(H,18,19);;1H2/q;;+1;/p-1. The van der Waals surface area contributed by atoms with Crippen LogP contribution >= 0.6 is 0 Å². The molecule has 0 saturated carbocycles. The summed E-state index contributed by atoms with van der Waals surface area (Å²) in [6.45, 7) is 0. The van der Waals surface area contributed by atoms with Crippen LogP contribution in [0.2, 0.25) is 0 Å². The molecular formula is C40H41N8NaO3S. The Kier molecular flexibility index (Phi) is 11.7. The van der Waals surface area contributed by atoms with Gasteiger partial charge in [0.05, 0.1) is 17.3 Å². The molecule has 6 aromatic heterocycles. The van der Waals surface area contributed by atoms with E-state index in [-0.39, 0.29) is 39.9 Å². The molecule has 9 rings (SSSR count). The molecule has 0 aliphatic heterocycles. The predicted octanol–water partition coefficient (Wildman–Crippen LogP) is 4.77. The third-order valence-electron chi connectivity index (χ3n) is 9.72. The second-order valence-electron chi connectivity index (χ2n) is 13.5. The minimum absolute atomic E-state index is 0. The van der Waals surface area contributed by atoms with E-state index in [0.29, 0.717) is 5.65 Å². The van der Waals surface area contributed by atoms with Crippen LogP contribution in [0.25, 0.3) is 44.3 Å². The van der Waals surface area contributed by atoms with E-state index in [2.05, 4.69) is 49.4 Å². The summed E-state index contributed by atoms with van der Waals surface area (Å²) in [6.07, 6.45) is 28.8. The molecule has 2 aliphatic rings. The summed E-state index contributed by atoms with van der Waals surface area (Å²) in [7, 11) is 0.0204. The molecule has 266 valence electrons. The third kappa shape index (κ3) is 8.02. The number of hydrogen-bond acceptors (Lipinski definition) is 7. The van der Waals surface area contributed by atoms with Gasteiger partial charge < -0.3 is 10.5 Å². The minimum Gasteiger partial charge on any atom is -0.870 e. The number of rotatable bonds is 8. The van der Waals surface area contributed by atoms with E-state index in [1.165, 1.54) is 51.7 Å². The van der Waals surface area contributed by atoms with E-state index in [4.69, 9.17) is 0 Å². The molecule has 0 bridgehead atoms. The van der Waals surface area contributed by atoms with E-state index in [1.807, 2.05) is 49.8 Å². The van der Waals surface area contributed by atoms with Crippen molar-refractivity contribution in [3.63, 3.8) is 0 Å². The van der Waals surface area contributed by atoms with E-state index in [0.717, 1.165) is 59.0 Å². The quantitative estimate of drug-likeness (QED) is 0.175. The van der Waals surface area contributed by atoms with Crippen LogP contribution in [0.5, 0.6) is 0 Å². The molecule has 2 aliphatic carbocycles. The van der Waals surface area contributed by atoms with Crippen molar-refractivity contribution in [1.29, 1.82) is 0 Å². The predicted molar refractivity (Wildman–Crippen MR) is 202 cm³/mol. The maximum Gasteiger partial charge on any atom is 1.00 e. The zero-order valence-corrected chi connectivity index (χ0v) is 33.1. The van der Waals surface area contributed by atoms with E-state index in [9.17, 15) is 8.42 Å². The third-order valence-corrected chi connectivity index (χ3v) is 11.4. The Bertz CT molecular complexity index is 2540. The summed E-state index contributed by atoms with van der Waals surface area (Å²) in [5.74, 6) is 0. The SMILES string of the molecule is Cn1cc(-c2c[nH]c3ncc(CC4=CCCC4)cc23)cn1.Cn1cc(-c2cn(S(=O)(=O)c3ccccc3)c3ncc(CC4=CCCC4)cc23)cn1.[Na+].[OH-]. The Balaban J connectivity index is 0.000000185. The Labute approximate surface area is 331 Å². The van der Waals surface area contributed by atoms with Gasteiger partial charge in [-0.1, -0.05) is 41.5 Å². The molecule has 0 atom stereocenters. The van der Waals surface area contributed by atoms with Crippen LogP contribution in [0.15, 0.2) is 120 Å². The van der Waals surface area contributed by atoms with Crippen LogP contribution in [-0.2, 0) is 37.0 Å². The summed E-state index contributed by atoms with van der Waals surface area (Å²) < 4.78 is 31.5. The fraction of sp³-hybridized carbons (Fsp3) is 0.250. The second-order valence-corrected chi connectivity index (χ2v) is 15.3. The number of benzene rings is 1. The number of H-pyrrole nitrogens is 1. The van der Waals surface area contributed by atoms with Crippen LogP contribution < -0.4 is 29.6 Å². The number of fused-ring (bicyclic) bond motifs is 2. The Morgan fingerprint density at radius 3 is 1.89 bits per heavy atom. The van der Waals surface area contributed by atoms with Crippen molar-refractivity contribution in [3.8, 4) is 22.3 Å². The maximum atomic E-state index is 13.4. The fourth-order valence-corrected chi connectivity index (χ4v) is 8.51. The van der Waals surface area contributed by atoms with Gasteiger partial charge in [0.1, 0.15) is 5.65 Å². The summed E-state index contributed by atoms with van der Waals surface area (Å²) in [6, 6.07) is 12.8. The molecule has 0 fully saturated rings. The van der Waals surface area contributed by atoms with Crippen LogP contribution in [-0.4, -0.2) is 52.4 Å². The number of aryl methyl sites for hydroxylation is 2. The number of nitrogens with zero attached hydrogens (tertiary/aromatic N) is 7. The molecule has 0 saturated heterocycles. The van der Waals surface area contributed by atoms with Crippen molar-refractivity contribution < 1.29 is 43.5 Å². The number of allylic oxidation sites excluding steroid dienone is 4. The number of aromatic nitrogens is 8. The number of nitrogens with one attached hydrogen (secondary N) is 1. The normalized spacial score (nSPS) is 14.0. The van der Waals surface area contributed by atoms with Gasteiger partial charge in [-0.15, -0.1) is 0 Å².